The van der Waals surface area contributed by atoms with Crippen LogP contribution in [0.4, 0.5) is 0 Å². The number of rotatable bonds is 4. The van der Waals surface area contributed by atoms with Crippen molar-refractivity contribution < 1.29 is 15.3 Å². The smallest absolute Gasteiger partial charge is 0.0792 e. The fourth-order valence-corrected chi connectivity index (χ4v) is 9.60. The van der Waals surface area contributed by atoms with E-state index < -0.39 is 12.2 Å². The van der Waals surface area contributed by atoms with Crippen molar-refractivity contribution in [3.8, 4) is 0 Å². The van der Waals surface area contributed by atoms with Gasteiger partial charge in [0, 0.05) is 16.7 Å². The van der Waals surface area contributed by atoms with E-state index in [2.05, 4.69) is 60.6 Å². The Bertz CT molecular complexity index is 859. The predicted octanol–water partition coefficient (Wildman–Crippen LogP) is 5.74. The summed E-state index contributed by atoms with van der Waals surface area (Å²) in [6.07, 6.45) is 8.97. The van der Waals surface area contributed by atoms with Crippen molar-refractivity contribution in [1.82, 2.24) is 0 Å². The van der Waals surface area contributed by atoms with E-state index in [4.69, 9.17) is 0 Å². The number of hydrogen-bond donors (Lipinski definition) is 3. The van der Waals surface area contributed by atoms with Crippen molar-refractivity contribution in [1.29, 1.82) is 0 Å². The summed E-state index contributed by atoms with van der Waals surface area (Å²) in [5.74, 6) is 3.71. The first kappa shape index (κ1) is 24.1. The molecule has 0 aromatic carbocycles. The van der Waals surface area contributed by atoms with E-state index in [-0.39, 0.29) is 22.9 Å². The van der Waals surface area contributed by atoms with Crippen LogP contribution in [-0.4, -0.2) is 33.6 Å². The van der Waals surface area contributed by atoms with Gasteiger partial charge in [-0.3, -0.25) is 0 Å². The molecule has 0 spiro atoms. The SMILES string of the molecule is CC(C)C(C)C1(C)CC1C(C)C1CCC2C3C(=CC(O)C12C)C1(C)CCC(O)CC1=CC3O. The van der Waals surface area contributed by atoms with Crippen LogP contribution in [0.5, 0.6) is 0 Å². The molecule has 0 aliphatic heterocycles. The molecule has 12 unspecified atom stereocenters. The minimum Gasteiger partial charge on any atom is -0.393 e. The van der Waals surface area contributed by atoms with Crippen LogP contribution in [0.15, 0.2) is 23.3 Å². The Labute approximate surface area is 201 Å². The predicted molar refractivity (Wildman–Crippen MR) is 133 cm³/mol. The first-order valence-corrected chi connectivity index (χ1v) is 13.8. The van der Waals surface area contributed by atoms with Crippen molar-refractivity contribution in [2.75, 3.05) is 0 Å². The molecule has 0 aromatic heterocycles. The van der Waals surface area contributed by atoms with E-state index >= 15 is 0 Å². The van der Waals surface area contributed by atoms with Gasteiger partial charge in [0.2, 0.25) is 0 Å². The number of aliphatic hydroxyl groups excluding tert-OH is 3. The molecule has 3 heteroatoms. The highest BCUT2D eigenvalue weighted by Crippen LogP contribution is 2.70. The molecule has 0 radical (unpaired) electrons. The molecule has 0 aromatic rings. The van der Waals surface area contributed by atoms with Crippen molar-refractivity contribution >= 4 is 0 Å². The molecule has 0 amide bonds. The van der Waals surface area contributed by atoms with Gasteiger partial charge in [-0.2, -0.15) is 0 Å². The summed E-state index contributed by atoms with van der Waals surface area (Å²) >= 11 is 0. The third-order valence-corrected chi connectivity index (χ3v) is 12.3. The van der Waals surface area contributed by atoms with Crippen LogP contribution in [0.2, 0.25) is 0 Å². The Hall–Kier alpha value is -0.640. The molecule has 33 heavy (non-hydrogen) atoms. The highest BCUT2D eigenvalue weighted by Gasteiger charge is 2.65. The van der Waals surface area contributed by atoms with Crippen LogP contribution in [0.25, 0.3) is 0 Å². The molecule has 0 saturated heterocycles. The molecule has 5 rings (SSSR count). The standard InChI is InChI=1S/C30H48O3/c1-16(2)18(4)29(6)15-24(29)17(3)21-8-9-22-27-23(14-26(33)30(21,22)7)28(5)11-10-20(31)12-19(28)13-25(27)32/h13-14,16-18,20-22,24-27,31-33H,8-12,15H2,1-7H3. The molecule has 0 heterocycles. The molecule has 3 nitrogen and oxygen atoms in total. The zero-order chi connectivity index (χ0) is 24.1. The lowest BCUT2D eigenvalue weighted by atomic mass is 9.49. The maximum absolute atomic E-state index is 11.7. The highest BCUT2D eigenvalue weighted by atomic mass is 16.3. The minimum atomic E-state index is -0.498. The van der Waals surface area contributed by atoms with Gasteiger partial charge in [-0.25, -0.2) is 0 Å². The monoisotopic (exact) mass is 456 g/mol. The Kier molecular flexibility index (Phi) is 5.60. The van der Waals surface area contributed by atoms with E-state index in [1.165, 1.54) is 24.0 Å². The first-order chi connectivity index (χ1) is 15.4. The maximum atomic E-state index is 11.7. The fourth-order valence-electron chi connectivity index (χ4n) is 9.60. The molecular weight excluding hydrogens is 408 g/mol. The molecule has 5 aliphatic rings. The number of fused-ring (bicyclic) bond motifs is 5. The zero-order valence-electron chi connectivity index (χ0n) is 22.0. The van der Waals surface area contributed by atoms with E-state index in [9.17, 15) is 15.3 Å². The normalized spacial score (nSPS) is 52.9. The number of aliphatic hydroxyl groups is 3. The minimum absolute atomic E-state index is 0.111. The Morgan fingerprint density at radius 1 is 0.909 bits per heavy atom. The van der Waals surface area contributed by atoms with Gasteiger partial charge in [0.15, 0.2) is 0 Å². The van der Waals surface area contributed by atoms with Crippen molar-refractivity contribution in [3.05, 3.63) is 23.3 Å². The van der Waals surface area contributed by atoms with Gasteiger partial charge in [-0.15, -0.1) is 0 Å². The first-order valence-electron chi connectivity index (χ1n) is 13.8. The van der Waals surface area contributed by atoms with Gasteiger partial charge < -0.3 is 15.3 Å². The van der Waals surface area contributed by atoms with Crippen LogP contribution >= 0.6 is 0 Å². The van der Waals surface area contributed by atoms with E-state index in [1.807, 2.05) is 0 Å². The van der Waals surface area contributed by atoms with Gasteiger partial charge in [0.05, 0.1) is 18.3 Å². The summed E-state index contributed by atoms with van der Waals surface area (Å²) in [5.41, 5.74) is 2.60. The van der Waals surface area contributed by atoms with Crippen LogP contribution in [-0.2, 0) is 0 Å². The summed E-state index contributed by atoms with van der Waals surface area (Å²) in [6, 6.07) is 0. The average molecular weight is 457 g/mol. The van der Waals surface area contributed by atoms with E-state index in [1.54, 1.807) is 0 Å². The van der Waals surface area contributed by atoms with Gasteiger partial charge in [-0.05, 0) is 79.4 Å². The molecule has 3 saturated carbocycles. The maximum Gasteiger partial charge on any atom is 0.0792 e. The van der Waals surface area contributed by atoms with E-state index in [0.29, 0.717) is 35.5 Å². The van der Waals surface area contributed by atoms with Crippen molar-refractivity contribution in [3.63, 3.8) is 0 Å². The highest BCUT2D eigenvalue weighted by molar-refractivity contribution is 5.42. The third kappa shape index (κ3) is 3.24. The van der Waals surface area contributed by atoms with Crippen LogP contribution in [0.1, 0.15) is 87.0 Å². The summed E-state index contributed by atoms with van der Waals surface area (Å²) in [5, 5.41) is 33.4. The zero-order valence-corrected chi connectivity index (χ0v) is 22.0. The summed E-state index contributed by atoms with van der Waals surface area (Å²) < 4.78 is 0. The number of hydrogen-bond acceptors (Lipinski definition) is 3. The second-order valence-electron chi connectivity index (χ2n) is 13.9. The van der Waals surface area contributed by atoms with Gasteiger partial charge in [0.25, 0.3) is 0 Å². The summed E-state index contributed by atoms with van der Waals surface area (Å²) in [4.78, 5) is 0. The molecular formula is C30H48O3. The van der Waals surface area contributed by atoms with Crippen molar-refractivity contribution in [2.24, 2.45) is 57.7 Å². The largest absolute Gasteiger partial charge is 0.393 e. The second kappa shape index (κ2) is 7.68. The second-order valence-corrected chi connectivity index (χ2v) is 13.9. The Balaban J connectivity index is 1.46. The fraction of sp³-hybridized carbons (Fsp3) is 0.867. The van der Waals surface area contributed by atoms with Gasteiger partial charge >= 0.3 is 0 Å². The molecule has 5 aliphatic carbocycles. The van der Waals surface area contributed by atoms with Crippen LogP contribution in [0, 0.1) is 57.7 Å². The van der Waals surface area contributed by atoms with E-state index in [0.717, 1.165) is 31.1 Å². The Morgan fingerprint density at radius 2 is 1.61 bits per heavy atom. The molecule has 12 atom stereocenters. The quantitative estimate of drug-likeness (QED) is 0.473. The molecule has 3 fully saturated rings. The Morgan fingerprint density at radius 3 is 2.27 bits per heavy atom. The topological polar surface area (TPSA) is 60.7 Å². The molecule has 0 bridgehead atoms. The lowest BCUT2D eigenvalue weighted by Gasteiger charge is -2.56. The van der Waals surface area contributed by atoms with Crippen molar-refractivity contribution in [2.45, 2.75) is 105 Å². The van der Waals surface area contributed by atoms with Gasteiger partial charge in [-0.1, -0.05) is 71.8 Å². The van der Waals surface area contributed by atoms with Gasteiger partial charge in [0.1, 0.15) is 0 Å². The molecule has 186 valence electrons. The third-order valence-electron chi connectivity index (χ3n) is 12.3. The average Bonchev–Trinajstić information content (AvgIpc) is 3.31. The van der Waals surface area contributed by atoms with Crippen LogP contribution in [0.3, 0.4) is 0 Å². The summed E-state index contributed by atoms with van der Waals surface area (Å²) in [7, 11) is 0. The lowest BCUT2D eigenvalue weighted by molar-refractivity contribution is -0.0630. The summed E-state index contributed by atoms with van der Waals surface area (Å²) in [6.45, 7) is 16.8. The molecule has 3 N–H and O–H groups in total. The van der Waals surface area contributed by atoms with Crippen LogP contribution < -0.4 is 0 Å². The lowest BCUT2D eigenvalue weighted by Crippen LogP contribution is -2.54.